The third-order valence-electron chi connectivity index (χ3n) is 3.77. The minimum absolute atomic E-state index is 0.568. The molecule has 1 aliphatic carbocycles. The fourth-order valence-corrected chi connectivity index (χ4v) is 3.08. The van der Waals surface area contributed by atoms with Crippen LogP contribution in [0.3, 0.4) is 0 Å². The summed E-state index contributed by atoms with van der Waals surface area (Å²) in [4.78, 5) is 0. The SMILES string of the molecule is CC1CCCCC1NCCOc1ccc(Cl)cc1Cl. The zero-order valence-corrected chi connectivity index (χ0v) is 12.8. The van der Waals surface area contributed by atoms with Gasteiger partial charge in [0.2, 0.25) is 0 Å². The van der Waals surface area contributed by atoms with Gasteiger partial charge in [0.25, 0.3) is 0 Å². The summed E-state index contributed by atoms with van der Waals surface area (Å²) >= 11 is 11.9. The molecule has 0 aromatic heterocycles. The van der Waals surface area contributed by atoms with Gasteiger partial charge in [-0.15, -0.1) is 0 Å². The lowest BCUT2D eigenvalue weighted by molar-refractivity contribution is 0.251. The van der Waals surface area contributed by atoms with E-state index in [1.807, 2.05) is 6.07 Å². The number of hydrogen-bond donors (Lipinski definition) is 1. The fraction of sp³-hybridized carbons (Fsp3) is 0.600. The molecule has 0 radical (unpaired) electrons. The van der Waals surface area contributed by atoms with Crippen LogP contribution in [0.4, 0.5) is 0 Å². The summed E-state index contributed by atoms with van der Waals surface area (Å²) in [5.74, 6) is 1.47. The Balaban J connectivity index is 1.71. The minimum atomic E-state index is 0.568. The lowest BCUT2D eigenvalue weighted by Crippen LogP contribution is -2.39. The first-order chi connectivity index (χ1) is 9.16. The molecule has 19 heavy (non-hydrogen) atoms. The van der Waals surface area contributed by atoms with Crippen molar-refractivity contribution in [2.24, 2.45) is 5.92 Å². The van der Waals surface area contributed by atoms with E-state index >= 15 is 0 Å². The van der Waals surface area contributed by atoms with E-state index in [0.717, 1.165) is 12.5 Å². The Kier molecular flexibility index (Phi) is 5.80. The molecule has 1 aromatic rings. The molecule has 1 N–H and O–H groups in total. The molecule has 0 bridgehead atoms. The van der Waals surface area contributed by atoms with Gasteiger partial charge >= 0.3 is 0 Å². The first kappa shape index (κ1) is 15.0. The normalized spacial score (nSPS) is 23.3. The molecule has 0 aliphatic heterocycles. The van der Waals surface area contributed by atoms with Crippen LogP contribution < -0.4 is 10.1 Å². The van der Waals surface area contributed by atoms with Crippen LogP contribution >= 0.6 is 23.2 Å². The van der Waals surface area contributed by atoms with Crippen LogP contribution in [-0.4, -0.2) is 19.2 Å². The molecule has 1 aliphatic rings. The molecule has 1 fully saturated rings. The fourth-order valence-electron chi connectivity index (χ4n) is 2.62. The number of benzene rings is 1. The molecule has 1 aromatic carbocycles. The summed E-state index contributed by atoms with van der Waals surface area (Å²) in [6, 6.07) is 5.95. The Morgan fingerprint density at radius 2 is 2.05 bits per heavy atom. The molecule has 0 saturated heterocycles. The van der Waals surface area contributed by atoms with Gasteiger partial charge in [0.05, 0.1) is 5.02 Å². The van der Waals surface area contributed by atoms with Crippen molar-refractivity contribution in [2.45, 2.75) is 38.6 Å². The Hall–Kier alpha value is -0.440. The van der Waals surface area contributed by atoms with Crippen molar-refractivity contribution in [1.82, 2.24) is 5.32 Å². The maximum Gasteiger partial charge on any atom is 0.138 e. The standard InChI is InChI=1S/C15H21Cl2NO/c1-11-4-2-3-5-14(11)18-8-9-19-15-7-6-12(16)10-13(15)17/h6-7,10-11,14,18H,2-5,8-9H2,1H3. The first-order valence-electron chi connectivity index (χ1n) is 6.98. The van der Waals surface area contributed by atoms with Gasteiger partial charge < -0.3 is 10.1 Å². The number of halogens is 2. The summed E-state index contributed by atoms with van der Waals surface area (Å²) < 4.78 is 5.66. The molecule has 0 heterocycles. The average molecular weight is 302 g/mol. The predicted molar refractivity (Wildman–Crippen MR) is 81.4 cm³/mol. The number of rotatable bonds is 5. The lowest BCUT2D eigenvalue weighted by atomic mass is 9.86. The van der Waals surface area contributed by atoms with Gasteiger partial charge in [0, 0.05) is 17.6 Å². The summed E-state index contributed by atoms with van der Waals surface area (Å²) in [6.45, 7) is 3.81. The van der Waals surface area contributed by atoms with E-state index in [2.05, 4.69) is 12.2 Å². The van der Waals surface area contributed by atoms with Gasteiger partial charge in [-0.05, 0) is 37.0 Å². The topological polar surface area (TPSA) is 21.3 Å². The highest BCUT2D eigenvalue weighted by Gasteiger charge is 2.20. The van der Waals surface area contributed by atoms with Crippen LogP contribution in [0.2, 0.25) is 10.0 Å². The van der Waals surface area contributed by atoms with Crippen molar-refractivity contribution in [2.75, 3.05) is 13.2 Å². The third-order valence-corrected chi connectivity index (χ3v) is 4.30. The van der Waals surface area contributed by atoms with Crippen LogP contribution in [0, 0.1) is 5.92 Å². The summed E-state index contributed by atoms with van der Waals surface area (Å²) in [6.07, 6.45) is 5.33. The maximum atomic E-state index is 6.05. The van der Waals surface area contributed by atoms with Crippen LogP contribution in [0.25, 0.3) is 0 Å². The lowest BCUT2D eigenvalue weighted by Gasteiger charge is -2.29. The second kappa shape index (κ2) is 7.37. The molecule has 1 saturated carbocycles. The van der Waals surface area contributed by atoms with Gasteiger partial charge in [-0.1, -0.05) is 43.0 Å². The van der Waals surface area contributed by atoms with Gasteiger partial charge in [-0.3, -0.25) is 0 Å². The van der Waals surface area contributed by atoms with Gasteiger partial charge in [0.1, 0.15) is 12.4 Å². The number of ether oxygens (including phenoxy) is 1. The highest BCUT2D eigenvalue weighted by atomic mass is 35.5. The van der Waals surface area contributed by atoms with Crippen molar-refractivity contribution >= 4 is 23.2 Å². The molecule has 2 unspecified atom stereocenters. The molecular weight excluding hydrogens is 281 g/mol. The van der Waals surface area contributed by atoms with Gasteiger partial charge in [-0.2, -0.15) is 0 Å². The molecule has 4 heteroatoms. The van der Waals surface area contributed by atoms with Crippen molar-refractivity contribution in [3.63, 3.8) is 0 Å². The highest BCUT2D eigenvalue weighted by Crippen LogP contribution is 2.27. The Labute approximate surface area is 125 Å². The van der Waals surface area contributed by atoms with Crippen LogP contribution in [-0.2, 0) is 0 Å². The molecule has 2 atom stereocenters. The van der Waals surface area contributed by atoms with Crippen molar-refractivity contribution in [1.29, 1.82) is 0 Å². The smallest absolute Gasteiger partial charge is 0.138 e. The van der Waals surface area contributed by atoms with Crippen LogP contribution in [0.5, 0.6) is 5.75 Å². The van der Waals surface area contributed by atoms with E-state index in [1.165, 1.54) is 25.7 Å². The molecular formula is C15H21Cl2NO. The second-order valence-corrected chi connectivity index (χ2v) is 6.09. The Morgan fingerprint density at radius 3 is 2.79 bits per heavy atom. The predicted octanol–water partition coefficient (Wildman–Crippen LogP) is 4.54. The van der Waals surface area contributed by atoms with Crippen molar-refractivity contribution < 1.29 is 4.74 Å². The summed E-state index contributed by atoms with van der Waals surface area (Å²) in [7, 11) is 0. The summed E-state index contributed by atoms with van der Waals surface area (Å²) in [5, 5.41) is 4.78. The second-order valence-electron chi connectivity index (χ2n) is 5.25. The molecule has 106 valence electrons. The minimum Gasteiger partial charge on any atom is -0.491 e. The van der Waals surface area contributed by atoms with Crippen LogP contribution in [0.1, 0.15) is 32.6 Å². The largest absolute Gasteiger partial charge is 0.491 e. The van der Waals surface area contributed by atoms with E-state index in [0.29, 0.717) is 28.4 Å². The first-order valence-corrected chi connectivity index (χ1v) is 7.73. The van der Waals surface area contributed by atoms with Gasteiger partial charge in [-0.25, -0.2) is 0 Å². The highest BCUT2D eigenvalue weighted by molar-refractivity contribution is 6.35. The van der Waals surface area contributed by atoms with E-state index in [1.54, 1.807) is 12.1 Å². The number of nitrogens with one attached hydrogen (secondary N) is 1. The van der Waals surface area contributed by atoms with Crippen molar-refractivity contribution in [3.05, 3.63) is 28.2 Å². The summed E-state index contributed by atoms with van der Waals surface area (Å²) in [5.41, 5.74) is 0. The Morgan fingerprint density at radius 1 is 1.26 bits per heavy atom. The zero-order valence-electron chi connectivity index (χ0n) is 11.3. The molecule has 0 spiro atoms. The Bertz CT molecular complexity index is 411. The van der Waals surface area contributed by atoms with E-state index in [4.69, 9.17) is 27.9 Å². The number of hydrogen-bond acceptors (Lipinski definition) is 2. The maximum absolute atomic E-state index is 6.05. The van der Waals surface area contributed by atoms with E-state index in [9.17, 15) is 0 Å². The van der Waals surface area contributed by atoms with E-state index < -0.39 is 0 Å². The quantitative estimate of drug-likeness (QED) is 0.806. The molecule has 0 amide bonds. The third kappa shape index (κ3) is 4.55. The van der Waals surface area contributed by atoms with Gasteiger partial charge in [0.15, 0.2) is 0 Å². The monoisotopic (exact) mass is 301 g/mol. The van der Waals surface area contributed by atoms with Crippen LogP contribution in [0.15, 0.2) is 18.2 Å². The zero-order chi connectivity index (χ0) is 13.7. The molecule has 2 nitrogen and oxygen atoms in total. The molecule has 2 rings (SSSR count). The van der Waals surface area contributed by atoms with Crippen molar-refractivity contribution in [3.8, 4) is 5.75 Å². The van der Waals surface area contributed by atoms with E-state index in [-0.39, 0.29) is 0 Å². The average Bonchev–Trinajstić information content (AvgIpc) is 2.38.